The molecule has 13 heavy (non-hydrogen) atoms. The van der Waals surface area contributed by atoms with Crippen LogP contribution in [0.4, 0.5) is 0 Å². The molecule has 4 heteroatoms. The Balaban J connectivity index is 1.75. The van der Waals surface area contributed by atoms with Crippen LogP contribution in [0.3, 0.4) is 0 Å². The first kappa shape index (κ1) is 8.17. The molecule has 2 atom stereocenters. The van der Waals surface area contributed by atoms with Gasteiger partial charge in [0.1, 0.15) is 5.60 Å². The first-order valence-corrected chi connectivity index (χ1v) is 4.85. The largest absolute Gasteiger partial charge is 0.390 e. The van der Waals surface area contributed by atoms with E-state index in [0.29, 0.717) is 26.2 Å². The molecule has 2 spiro atoms. The van der Waals surface area contributed by atoms with Crippen LogP contribution in [0, 0.1) is 0 Å². The van der Waals surface area contributed by atoms with Crippen molar-refractivity contribution in [1.29, 1.82) is 0 Å². The summed E-state index contributed by atoms with van der Waals surface area (Å²) in [6.45, 7) is 2.01. The van der Waals surface area contributed by atoms with Crippen molar-refractivity contribution in [3.8, 4) is 0 Å². The maximum atomic E-state index is 9.84. The summed E-state index contributed by atoms with van der Waals surface area (Å²) in [4.78, 5) is 0. The summed E-state index contributed by atoms with van der Waals surface area (Å²) < 4.78 is 16.4. The van der Waals surface area contributed by atoms with E-state index in [0.717, 1.165) is 12.8 Å². The van der Waals surface area contributed by atoms with Gasteiger partial charge in [-0.25, -0.2) is 0 Å². The summed E-state index contributed by atoms with van der Waals surface area (Å²) in [5, 5.41) is 9.84. The number of rotatable bonds is 0. The van der Waals surface area contributed by atoms with Crippen LogP contribution in [0.25, 0.3) is 0 Å². The molecule has 0 aromatic carbocycles. The van der Waals surface area contributed by atoms with E-state index < -0.39 is 11.9 Å². The molecule has 2 aliphatic heterocycles. The second-order valence-electron chi connectivity index (χ2n) is 4.18. The van der Waals surface area contributed by atoms with Crippen molar-refractivity contribution in [2.45, 2.75) is 36.8 Å². The van der Waals surface area contributed by atoms with E-state index in [2.05, 4.69) is 0 Å². The maximum Gasteiger partial charge on any atom is 0.171 e. The zero-order valence-corrected chi connectivity index (χ0v) is 7.49. The molecule has 74 valence electrons. The lowest BCUT2D eigenvalue weighted by molar-refractivity contribution is -0.207. The van der Waals surface area contributed by atoms with Crippen LogP contribution in [0.15, 0.2) is 0 Å². The Kier molecular flexibility index (Phi) is 1.54. The number of hydrogen-bond acceptors (Lipinski definition) is 4. The van der Waals surface area contributed by atoms with Crippen LogP contribution < -0.4 is 0 Å². The minimum Gasteiger partial charge on any atom is -0.390 e. The van der Waals surface area contributed by atoms with E-state index in [4.69, 9.17) is 14.2 Å². The van der Waals surface area contributed by atoms with Gasteiger partial charge < -0.3 is 19.3 Å². The van der Waals surface area contributed by atoms with Gasteiger partial charge >= 0.3 is 0 Å². The second kappa shape index (κ2) is 2.45. The van der Waals surface area contributed by atoms with Gasteiger partial charge in [-0.1, -0.05) is 0 Å². The van der Waals surface area contributed by atoms with Crippen LogP contribution in [-0.4, -0.2) is 42.4 Å². The summed E-state index contributed by atoms with van der Waals surface area (Å²) in [7, 11) is 0. The molecule has 3 rings (SSSR count). The van der Waals surface area contributed by atoms with Crippen molar-refractivity contribution >= 4 is 0 Å². The Hall–Kier alpha value is -0.160. The van der Waals surface area contributed by atoms with Gasteiger partial charge in [-0.15, -0.1) is 0 Å². The van der Waals surface area contributed by atoms with E-state index in [1.807, 2.05) is 0 Å². The molecule has 1 N–H and O–H groups in total. The van der Waals surface area contributed by atoms with Crippen molar-refractivity contribution < 1.29 is 19.3 Å². The molecule has 3 fully saturated rings. The van der Waals surface area contributed by atoms with Crippen LogP contribution in [0.5, 0.6) is 0 Å². The number of aliphatic hydroxyl groups is 1. The van der Waals surface area contributed by atoms with Crippen LogP contribution in [0.1, 0.15) is 19.3 Å². The SMILES string of the molecule is O[C@@H]1CC2(CC[C@]13CO3)OCCO2. The highest BCUT2D eigenvalue weighted by Gasteiger charge is 2.59. The van der Waals surface area contributed by atoms with Gasteiger partial charge in [-0.2, -0.15) is 0 Å². The summed E-state index contributed by atoms with van der Waals surface area (Å²) in [6, 6.07) is 0. The molecule has 0 radical (unpaired) electrons. The average Bonchev–Trinajstić information content (AvgIpc) is 2.78. The first-order valence-electron chi connectivity index (χ1n) is 4.85. The number of aliphatic hydroxyl groups excluding tert-OH is 1. The van der Waals surface area contributed by atoms with Gasteiger partial charge in [0.2, 0.25) is 0 Å². The molecule has 1 aliphatic carbocycles. The summed E-state index contributed by atoms with van der Waals surface area (Å²) >= 11 is 0. The Bertz CT molecular complexity index is 218. The Morgan fingerprint density at radius 1 is 1.08 bits per heavy atom. The Labute approximate surface area is 76.8 Å². The quantitative estimate of drug-likeness (QED) is 0.543. The van der Waals surface area contributed by atoms with E-state index in [9.17, 15) is 5.11 Å². The third-order valence-corrected chi connectivity index (χ3v) is 3.37. The fourth-order valence-electron chi connectivity index (χ4n) is 2.34. The standard InChI is InChI=1S/C9H14O4/c10-7-5-9(11-3-4-12-9)2-1-8(7)6-13-8/h7,10H,1-6H2/t7-,8+/m1/s1. The Morgan fingerprint density at radius 2 is 1.77 bits per heavy atom. The van der Waals surface area contributed by atoms with Crippen molar-refractivity contribution in [2.24, 2.45) is 0 Å². The smallest absolute Gasteiger partial charge is 0.171 e. The summed E-state index contributed by atoms with van der Waals surface area (Å²) in [5.41, 5.74) is -0.236. The molecule has 2 heterocycles. The molecule has 0 bridgehead atoms. The van der Waals surface area contributed by atoms with Gasteiger partial charge in [0.25, 0.3) is 0 Å². The fourth-order valence-corrected chi connectivity index (χ4v) is 2.34. The molecule has 0 unspecified atom stereocenters. The second-order valence-corrected chi connectivity index (χ2v) is 4.18. The van der Waals surface area contributed by atoms with Gasteiger partial charge in [0.05, 0.1) is 25.9 Å². The third kappa shape index (κ3) is 1.13. The van der Waals surface area contributed by atoms with Crippen molar-refractivity contribution in [2.75, 3.05) is 19.8 Å². The van der Waals surface area contributed by atoms with E-state index in [1.54, 1.807) is 0 Å². The molecular weight excluding hydrogens is 172 g/mol. The highest BCUT2D eigenvalue weighted by atomic mass is 16.7. The van der Waals surface area contributed by atoms with E-state index in [1.165, 1.54) is 0 Å². The molecular formula is C9H14O4. The minimum absolute atomic E-state index is 0.236. The zero-order valence-electron chi connectivity index (χ0n) is 7.49. The average molecular weight is 186 g/mol. The van der Waals surface area contributed by atoms with Gasteiger partial charge in [0.15, 0.2) is 5.79 Å². The van der Waals surface area contributed by atoms with Gasteiger partial charge in [-0.05, 0) is 6.42 Å². The first-order chi connectivity index (χ1) is 6.25. The molecule has 2 saturated heterocycles. The minimum atomic E-state index is -0.489. The highest BCUT2D eigenvalue weighted by molar-refractivity contribution is 5.05. The number of epoxide rings is 1. The molecule has 3 aliphatic rings. The molecule has 0 amide bonds. The normalized spacial score (nSPS) is 47.3. The highest BCUT2D eigenvalue weighted by Crippen LogP contribution is 2.47. The van der Waals surface area contributed by atoms with Crippen molar-refractivity contribution in [3.05, 3.63) is 0 Å². The monoisotopic (exact) mass is 186 g/mol. The lowest BCUT2D eigenvalue weighted by atomic mass is 9.83. The van der Waals surface area contributed by atoms with Crippen LogP contribution >= 0.6 is 0 Å². The molecule has 0 aromatic heterocycles. The van der Waals surface area contributed by atoms with Crippen LogP contribution in [0.2, 0.25) is 0 Å². The molecule has 0 aromatic rings. The summed E-state index contributed by atoms with van der Waals surface area (Å²) in [5.74, 6) is -0.489. The number of hydrogen-bond donors (Lipinski definition) is 1. The predicted molar refractivity (Wildman–Crippen MR) is 43.2 cm³/mol. The number of ether oxygens (including phenoxy) is 3. The molecule has 1 saturated carbocycles. The molecule has 4 nitrogen and oxygen atoms in total. The summed E-state index contributed by atoms with van der Waals surface area (Å²) in [6.07, 6.45) is 1.85. The fraction of sp³-hybridized carbons (Fsp3) is 1.00. The topological polar surface area (TPSA) is 51.2 Å². The van der Waals surface area contributed by atoms with Crippen molar-refractivity contribution in [1.82, 2.24) is 0 Å². The lowest BCUT2D eigenvalue weighted by Crippen LogP contribution is -2.47. The zero-order chi connectivity index (χ0) is 8.94. The predicted octanol–water partition coefficient (Wildman–Crippen LogP) is 0.0433. The Morgan fingerprint density at radius 3 is 2.31 bits per heavy atom. The van der Waals surface area contributed by atoms with Gasteiger partial charge in [0, 0.05) is 12.8 Å². The van der Waals surface area contributed by atoms with Crippen LogP contribution in [-0.2, 0) is 14.2 Å². The third-order valence-electron chi connectivity index (χ3n) is 3.37. The van der Waals surface area contributed by atoms with E-state index >= 15 is 0 Å². The van der Waals surface area contributed by atoms with E-state index in [-0.39, 0.29) is 5.60 Å². The lowest BCUT2D eigenvalue weighted by Gasteiger charge is -2.37. The maximum absolute atomic E-state index is 9.84. The van der Waals surface area contributed by atoms with Gasteiger partial charge in [-0.3, -0.25) is 0 Å². The van der Waals surface area contributed by atoms with Crippen molar-refractivity contribution in [3.63, 3.8) is 0 Å².